The molecule has 2 amide bonds. The highest BCUT2D eigenvalue weighted by Crippen LogP contribution is 2.24. The highest BCUT2D eigenvalue weighted by atomic mass is 16.5. The second kappa shape index (κ2) is 9.23. The van der Waals surface area contributed by atoms with E-state index >= 15 is 0 Å². The molecule has 2 N–H and O–H groups in total. The summed E-state index contributed by atoms with van der Waals surface area (Å²) in [4.78, 5) is 13.6. The van der Waals surface area contributed by atoms with E-state index in [4.69, 9.17) is 4.74 Å². The number of carbonyl (C=O) groups is 1. The number of amides is 2. The van der Waals surface area contributed by atoms with Crippen molar-refractivity contribution in [3.8, 4) is 5.75 Å². The maximum Gasteiger partial charge on any atom is 0.321 e. The summed E-state index contributed by atoms with van der Waals surface area (Å²) in [6.07, 6.45) is 2.19. The quantitative estimate of drug-likeness (QED) is 0.724. The van der Waals surface area contributed by atoms with E-state index in [2.05, 4.69) is 12.2 Å². The summed E-state index contributed by atoms with van der Waals surface area (Å²) in [6.45, 7) is 4.96. The summed E-state index contributed by atoms with van der Waals surface area (Å²) < 4.78 is 5.68. The Labute approximate surface area is 126 Å². The lowest BCUT2D eigenvalue weighted by atomic mass is 10.2. The van der Waals surface area contributed by atoms with Gasteiger partial charge in [0.25, 0.3) is 0 Å². The molecule has 0 saturated heterocycles. The molecule has 118 valence electrons. The number of carbonyl (C=O) groups excluding carboxylic acids is 1. The van der Waals surface area contributed by atoms with E-state index in [1.54, 1.807) is 18.9 Å². The number of para-hydroxylation sites is 2. The van der Waals surface area contributed by atoms with Crippen molar-refractivity contribution < 1.29 is 14.6 Å². The normalized spacial score (nSPS) is 11.8. The third-order valence-electron chi connectivity index (χ3n) is 3.11. The first-order chi connectivity index (χ1) is 10.0. The van der Waals surface area contributed by atoms with Gasteiger partial charge in [0.05, 0.1) is 18.4 Å². The summed E-state index contributed by atoms with van der Waals surface area (Å²) in [5.41, 5.74) is 0.669. The zero-order valence-corrected chi connectivity index (χ0v) is 13.1. The highest BCUT2D eigenvalue weighted by Gasteiger charge is 2.12. The van der Waals surface area contributed by atoms with Crippen LogP contribution in [0.2, 0.25) is 0 Å². The van der Waals surface area contributed by atoms with Gasteiger partial charge in [0.2, 0.25) is 0 Å². The third kappa shape index (κ3) is 6.49. The minimum absolute atomic E-state index is 0.206. The molecule has 0 aliphatic heterocycles. The van der Waals surface area contributed by atoms with Gasteiger partial charge in [0.1, 0.15) is 5.75 Å². The Morgan fingerprint density at radius 1 is 1.43 bits per heavy atom. The fraction of sp³-hybridized carbons (Fsp3) is 0.562. The van der Waals surface area contributed by atoms with E-state index in [1.807, 2.05) is 24.3 Å². The molecule has 0 aromatic heterocycles. The maximum absolute atomic E-state index is 12.1. The minimum Gasteiger partial charge on any atom is -0.491 e. The lowest BCUT2D eigenvalue weighted by Crippen LogP contribution is -2.33. The van der Waals surface area contributed by atoms with Crippen LogP contribution in [-0.2, 0) is 0 Å². The molecular formula is C16H26N2O3. The topological polar surface area (TPSA) is 61.8 Å². The van der Waals surface area contributed by atoms with Gasteiger partial charge in [-0.2, -0.15) is 0 Å². The summed E-state index contributed by atoms with van der Waals surface area (Å²) in [5.74, 6) is 0.684. The first kappa shape index (κ1) is 17.3. The number of aliphatic hydroxyl groups is 1. The first-order valence-electron chi connectivity index (χ1n) is 7.46. The fourth-order valence-electron chi connectivity index (χ4n) is 1.71. The number of unbranched alkanes of at least 4 members (excludes halogenated alkanes) is 1. The molecule has 1 aromatic carbocycles. The largest absolute Gasteiger partial charge is 0.491 e. The van der Waals surface area contributed by atoms with Crippen LogP contribution in [0.25, 0.3) is 0 Å². The standard InChI is InChI=1S/C16H26N2O3/c1-4-5-12-21-15-9-7-6-8-14(15)17-16(20)18(3)11-10-13(2)19/h6-9,13,19H,4-5,10-12H2,1-3H3,(H,17,20). The zero-order valence-electron chi connectivity index (χ0n) is 13.1. The fourth-order valence-corrected chi connectivity index (χ4v) is 1.71. The number of nitrogens with one attached hydrogen (secondary N) is 1. The smallest absolute Gasteiger partial charge is 0.321 e. The molecule has 0 radical (unpaired) electrons. The molecule has 1 aromatic rings. The molecule has 21 heavy (non-hydrogen) atoms. The number of hydrogen-bond acceptors (Lipinski definition) is 3. The molecule has 5 nitrogen and oxygen atoms in total. The summed E-state index contributed by atoms with van der Waals surface area (Å²) in [5, 5.41) is 12.1. The van der Waals surface area contributed by atoms with Gasteiger partial charge in [0.15, 0.2) is 0 Å². The second-order valence-electron chi connectivity index (χ2n) is 5.19. The molecule has 1 unspecified atom stereocenters. The molecule has 5 heteroatoms. The maximum atomic E-state index is 12.1. The molecule has 0 fully saturated rings. The van der Waals surface area contributed by atoms with Crippen molar-refractivity contribution >= 4 is 11.7 Å². The number of aliphatic hydroxyl groups excluding tert-OH is 1. The van der Waals surface area contributed by atoms with Crippen molar-refractivity contribution in [2.45, 2.75) is 39.2 Å². The summed E-state index contributed by atoms with van der Waals surface area (Å²) >= 11 is 0. The van der Waals surface area contributed by atoms with Crippen LogP contribution < -0.4 is 10.1 Å². The average molecular weight is 294 g/mol. The molecule has 1 rings (SSSR count). The van der Waals surface area contributed by atoms with Gasteiger partial charge >= 0.3 is 6.03 Å². The van der Waals surface area contributed by atoms with Gasteiger partial charge in [-0.05, 0) is 31.9 Å². The zero-order chi connectivity index (χ0) is 15.7. The van der Waals surface area contributed by atoms with Crippen LogP contribution in [0.3, 0.4) is 0 Å². The molecule has 0 spiro atoms. The van der Waals surface area contributed by atoms with E-state index < -0.39 is 6.10 Å². The van der Waals surface area contributed by atoms with Gasteiger partial charge in [-0.1, -0.05) is 25.5 Å². The SMILES string of the molecule is CCCCOc1ccccc1NC(=O)N(C)CCC(C)O. The van der Waals surface area contributed by atoms with E-state index in [0.29, 0.717) is 31.0 Å². The predicted octanol–water partition coefficient (Wildman–Crippen LogP) is 3.10. The highest BCUT2D eigenvalue weighted by molar-refractivity contribution is 5.90. The monoisotopic (exact) mass is 294 g/mol. The van der Waals surface area contributed by atoms with Gasteiger partial charge in [0, 0.05) is 13.6 Å². The molecule has 0 bridgehead atoms. The first-order valence-corrected chi connectivity index (χ1v) is 7.46. The van der Waals surface area contributed by atoms with Gasteiger partial charge in [-0.3, -0.25) is 0 Å². The van der Waals surface area contributed by atoms with Crippen molar-refractivity contribution in [3.05, 3.63) is 24.3 Å². The number of rotatable bonds is 8. The van der Waals surface area contributed by atoms with Gasteiger partial charge in [-0.25, -0.2) is 4.79 Å². The molecule has 0 heterocycles. The number of urea groups is 1. The lowest BCUT2D eigenvalue weighted by molar-refractivity contribution is 0.167. The lowest BCUT2D eigenvalue weighted by Gasteiger charge is -2.20. The van der Waals surface area contributed by atoms with E-state index in [9.17, 15) is 9.90 Å². The molecule has 1 atom stereocenters. The Kier molecular flexibility index (Phi) is 7.61. The Bertz CT molecular complexity index is 435. The minimum atomic E-state index is -0.412. The van der Waals surface area contributed by atoms with Crippen molar-refractivity contribution in [2.24, 2.45) is 0 Å². The van der Waals surface area contributed by atoms with Gasteiger partial charge < -0.3 is 20.1 Å². The van der Waals surface area contributed by atoms with Crippen molar-refractivity contribution in [1.82, 2.24) is 4.90 Å². The summed E-state index contributed by atoms with van der Waals surface area (Å²) in [7, 11) is 1.71. The summed E-state index contributed by atoms with van der Waals surface area (Å²) in [6, 6.07) is 7.21. The van der Waals surface area contributed by atoms with Gasteiger partial charge in [-0.15, -0.1) is 0 Å². The second-order valence-corrected chi connectivity index (χ2v) is 5.19. The van der Waals surface area contributed by atoms with Crippen LogP contribution in [-0.4, -0.2) is 42.3 Å². The number of ether oxygens (including phenoxy) is 1. The van der Waals surface area contributed by atoms with Crippen LogP contribution in [0, 0.1) is 0 Å². The van der Waals surface area contributed by atoms with Crippen LogP contribution in [0.4, 0.5) is 10.5 Å². The third-order valence-corrected chi connectivity index (χ3v) is 3.11. The Hall–Kier alpha value is -1.75. The number of hydrogen-bond donors (Lipinski definition) is 2. The van der Waals surface area contributed by atoms with Crippen LogP contribution >= 0.6 is 0 Å². The molecule has 0 saturated carbocycles. The van der Waals surface area contributed by atoms with E-state index in [1.165, 1.54) is 0 Å². The van der Waals surface area contributed by atoms with E-state index in [0.717, 1.165) is 12.8 Å². The van der Waals surface area contributed by atoms with Crippen LogP contribution in [0.5, 0.6) is 5.75 Å². The van der Waals surface area contributed by atoms with Crippen molar-refractivity contribution in [3.63, 3.8) is 0 Å². The average Bonchev–Trinajstić information content (AvgIpc) is 2.46. The van der Waals surface area contributed by atoms with Crippen LogP contribution in [0.15, 0.2) is 24.3 Å². The molecule has 0 aliphatic carbocycles. The number of benzene rings is 1. The predicted molar refractivity (Wildman–Crippen MR) is 84.8 cm³/mol. The Balaban J connectivity index is 2.58. The van der Waals surface area contributed by atoms with Crippen molar-refractivity contribution in [1.29, 1.82) is 0 Å². The van der Waals surface area contributed by atoms with Crippen molar-refractivity contribution in [2.75, 3.05) is 25.5 Å². The van der Waals surface area contributed by atoms with E-state index in [-0.39, 0.29) is 6.03 Å². The Morgan fingerprint density at radius 2 is 2.14 bits per heavy atom. The number of anilines is 1. The molecule has 0 aliphatic rings. The molecular weight excluding hydrogens is 268 g/mol. The Morgan fingerprint density at radius 3 is 2.81 bits per heavy atom. The van der Waals surface area contributed by atoms with Crippen LogP contribution in [0.1, 0.15) is 33.1 Å². The number of nitrogens with zero attached hydrogens (tertiary/aromatic N) is 1.